The van der Waals surface area contributed by atoms with Crippen molar-refractivity contribution in [1.82, 2.24) is 10.3 Å². The van der Waals surface area contributed by atoms with Crippen LogP contribution in [0.1, 0.15) is 53.5 Å². The molecule has 3 aromatic rings. The number of hydrogen-bond donors (Lipinski definition) is 1. The quantitative estimate of drug-likeness (QED) is 0.390. The summed E-state index contributed by atoms with van der Waals surface area (Å²) in [6.07, 6.45) is 4.29. The van der Waals surface area contributed by atoms with Crippen LogP contribution >= 0.6 is 11.3 Å². The van der Waals surface area contributed by atoms with Crippen LogP contribution in [0.15, 0.2) is 48.5 Å². The zero-order chi connectivity index (χ0) is 19.8. The Morgan fingerprint density at radius 2 is 1.79 bits per heavy atom. The number of Topliss-reactive ketones (excluding diaryl/α,β-unsaturated/α-hetero) is 1. The number of fused-ring (bicyclic) bond motifs is 1. The highest BCUT2D eigenvalue weighted by atomic mass is 32.1. The van der Waals surface area contributed by atoms with Crippen LogP contribution < -0.4 is 5.32 Å². The Morgan fingerprint density at radius 1 is 1.00 bits per heavy atom. The van der Waals surface area contributed by atoms with Crippen LogP contribution in [-0.4, -0.2) is 23.2 Å². The van der Waals surface area contributed by atoms with Crippen molar-refractivity contribution >= 4 is 33.2 Å². The Bertz CT molecular complexity index is 898. The fourth-order valence-electron chi connectivity index (χ4n) is 3.10. The van der Waals surface area contributed by atoms with Crippen molar-refractivity contribution < 1.29 is 9.59 Å². The van der Waals surface area contributed by atoms with Gasteiger partial charge in [0.05, 0.1) is 15.2 Å². The van der Waals surface area contributed by atoms with E-state index in [1.54, 1.807) is 11.3 Å². The number of rotatable bonds is 10. The van der Waals surface area contributed by atoms with Gasteiger partial charge in [-0.05, 0) is 30.5 Å². The van der Waals surface area contributed by atoms with E-state index in [2.05, 4.69) is 23.3 Å². The van der Waals surface area contributed by atoms with Gasteiger partial charge in [-0.2, -0.15) is 0 Å². The lowest BCUT2D eigenvalue weighted by atomic mass is 10.0. The molecule has 0 spiro atoms. The van der Waals surface area contributed by atoms with Crippen LogP contribution in [0.25, 0.3) is 10.2 Å². The molecule has 5 heteroatoms. The number of nitrogens with one attached hydrogen (secondary N) is 1. The Labute approximate surface area is 170 Å². The minimum atomic E-state index is -0.0692. The zero-order valence-corrected chi connectivity index (χ0v) is 17.1. The summed E-state index contributed by atoms with van der Waals surface area (Å²) in [7, 11) is 0. The first-order valence-electron chi connectivity index (χ1n) is 9.89. The molecular formula is C23H26N2O2S. The maximum Gasteiger partial charge on any atom is 0.220 e. The molecule has 0 saturated carbocycles. The number of hydrogen-bond acceptors (Lipinski definition) is 4. The monoisotopic (exact) mass is 394 g/mol. The molecule has 3 rings (SSSR count). The summed E-state index contributed by atoms with van der Waals surface area (Å²) < 4.78 is 1.20. The largest absolute Gasteiger partial charge is 0.356 e. The lowest BCUT2D eigenvalue weighted by Gasteiger charge is -2.05. The number of benzene rings is 2. The van der Waals surface area contributed by atoms with Crippen molar-refractivity contribution in [1.29, 1.82) is 0 Å². The lowest BCUT2D eigenvalue weighted by Crippen LogP contribution is -2.25. The van der Waals surface area contributed by atoms with Crippen molar-refractivity contribution in [3.05, 3.63) is 64.7 Å². The van der Waals surface area contributed by atoms with Gasteiger partial charge in [0.2, 0.25) is 5.91 Å². The minimum Gasteiger partial charge on any atom is -0.356 e. The molecule has 0 saturated heterocycles. The molecule has 0 aliphatic heterocycles. The highest BCUT2D eigenvalue weighted by Gasteiger charge is 2.09. The van der Waals surface area contributed by atoms with Crippen LogP contribution in [0.4, 0.5) is 0 Å². The topological polar surface area (TPSA) is 59.1 Å². The van der Waals surface area contributed by atoms with Crippen LogP contribution in [-0.2, 0) is 17.6 Å². The van der Waals surface area contributed by atoms with E-state index in [0.717, 1.165) is 36.2 Å². The number of carbonyl (C=O) groups is 2. The predicted octanol–water partition coefficient (Wildman–Crippen LogP) is 4.96. The van der Waals surface area contributed by atoms with Crippen LogP contribution in [0, 0.1) is 0 Å². The minimum absolute atomic E-state index is 0.0210. The molecule has 4 nitrogen and oxygen atoms in total. The van der Waals surface area contributed by atoms with Gasteiger partial charge in [-0.25, -0.2) is 4.98 Å². The number of ketones is 1. The Hall–Kier alpha value is -2.53. The molecule has 1 aromatic heterocycles. The molecule has 0 aliphatic rings. The Balaban J connectivity index is 1.35. The number of amides is 1. The molecule has 1 N–H and O–H groups in total. The average Bonchev–Trinajstić information content (AvgIpc) is 3.13. The van der Waals surface area contributed by atoms with Crippen molar-refractivity contribution in [2.45, 2.75) is 45.4 Å². The SMILES string of the molecule is CCCc1ccc(C(=O)CCC(=O)NCCCc2nc3ccccc3s2)cc1. The fraction of sp³-hybridized carbons (Fsp3) is 0.348. The first-order valence-corrected chi connectivity index (χ1v) is 10.7. The highest BCUT2D eigenvalue weighted by Crippen LogP contribution is 2.22. The molecule has 1 amide bonds. The lowest BCUT2D eigenvalue weighted by molar-refractivity contribution is -0.121. The first-order chi connectivity index (χ1) is 13.7. The van der Waals surface area contributed by atoms with Crippen LogP contribution in [0.5, 0.6) is 0 Å². The van der Waals surface area contributed by atoms with Crippen molar-refractivity contribution in [2.24, 2.45) is 0 Å². The van der Waals surface area contributed by atoms with Crippen molar-refractivity contribution in [2.75, 3.05) is 6.54 Å². The molecule has 0 atom stereocenters. The molecule has 0 fully saturated rings. The zero-order valence-electron chi connectivity index (χ0n) is 16.2. The van der Waals surface area contributed by atoms with E-state index >= 15 is 0 Å². The number of carbonyl (C=O) groups excluding carboxylic acids is 2. The van der Waals surface area contributed by atoms with E-state index in [1.165, 1.54) is 10.3 Å². The second kappa shape index (κ2) is 10.1. The van der Waals surface area contributed by atoms with Gasteiger partial charge in [-0.3, -0.25) is 9.59 Å². The van der Waals surface area contributed by atoms with Gasteiger partial charge in [-0.15, -0.1) is 11.3 Å². The highest BCUT2D eigenvalue weighted by molar-refractivity contribution is 7.18. The van der Waals surface area contributed by atoms with E-state index in [4.69, 9.17) is 0 Å². The standard InChI is InChI=1S/C23H26N2O2S/c1-2-6-17-10-12-18(13-11-17)20(26)14-15-22(27)24-16-5-9-23-25-19-7-3-4-8-21(19)28-23/h3-4,7-8,10-13H,2,5-6,9,14-16H2,1H3,(H,24,27). The summed E-state index contributed by atoms with van der Waals surface area (Å²) in [6.45, 7) is 2.74. The summed E-state index contributed by atoms with van der Waals surface area (Å²) >= 11 is 1.70. The first kappa shape index (κ1) is 20.2. The van der Waals surface area contributed by atoms with E-state index in [1.807, 2.05) is 42.5 Å². The number of aryl methyl sites for hydroxylation is 2. The number of aromatic nitrogens is 1. The molecular weight excluding hydrogens is 368 g/mol. The third-order valence-electron chi connectivity index (χ3n) is 4.62. The van der Waals surface area contributed by atoms with Crippen molar-refractivity contribution in [3.63, 3.8) is 0 Å². The molecule has 0 aliphatic carbocycles. The summed E-state index contributed by atoms with van der Waals surface area (Å²) in [5, 5.41) is 4.00. The summed E-state index contributed by atoms with van der Waals surface area (Å²) in [6, 6.07) is 15.8. The van der Waals surface area contributed by atoms with Gasteiger partial charge < -0.3 is 5.32 Å². The molecule has 2 aromatic carbocycles. The predicted molar refractivity (Wildman–Crippen MR) is 115 cm³/mol. The van der Waals surface area contributed by atoms with E-state index < -0.39 is 0 Å². The molecule has 146 valence electrons. The van der Waals surface area contributed by atoms with Gasteiger partial charge in [0.25, 0.3) is 0 Å². The summed E-state index contributed by atoms with van der Waals surface area (Å²) in [5.41, 5.74) is 2.96. The van der Waals surface area contributed by atoms with Gasteiger partial charge in [0, 0.05) is 31.4 Å². The maximum absolute atomic E-state index is 12.2. The Kier molecular flexibility index (Phi) is 7.31. The maximum atomic E-state index is 12.2. The van der Waals surface area contributed by atoms with Gasteiger partial charge in [-0.1, -0.05) is 49.7 Å². The fourth-order valence-corrected chi connectivity index (χ4v) is 4.11. The number of thiazole rings is 1. The summed E-state index contributed by atoms with van der Waals surface area (Å²) in [5.74, 6) is -0.0482. The van der Waals surface area contributed by atoms with Gasteiger partial charge in [0.15, 0.2) is 5.78 Å². The van der Waals surface area contributed by atoms with Crippen molar-refractivity contribution in [3.8, 4) is 0 Å². The van der Waals surface area contributed by atoms with Gasteiger partial charge in [0.1, 0.15) is 0 Å². The Morgan fingerprint density at radius 3 is 2.54 bits per heavy atom. The van der Waals surface area contributed by atoms with Crippen LogP contribution in [0.3, 0.4) is 0 Å². The van der Waals surface area contributed by atoms with Crippen LogP contribution in [0.2, 0.25) is 0 Å². The van der Waals surface area contributed by atoms with E-state index in [9.17, 15) is 9.59 Å². The second-order valence-electron chi connectivity index (χ2n) is 6.90. The molecule has 1 heterocycles. The number of para-hydroxylation sites is 1. The molecule has 0 bridgehead atoms. The smallest absolute Gasteiger partial charge is 0.220 e. The third-order valence-corrected chi connectivity index (χ3v) is 5.72. The molecule has 28 heavy (non-hydrogen) atoms. The second-order valence-corrected chi connectivity index (χ2v) is 8.01. The van der Waals surface area contributed by atoms with E-state index in [-0.39, 0.29) is 24.5 Å². The average molecular weight is 395 g/mol. The summed E-state index contributed by atoms with van der Waals surface area (Å²) in [4.78, 5) is 28.8. The number of nitrogens with zero attached hydrogens (tertiary/aromatic N) is 1. The molecule has 0 radical (unpaired) electrons. The van der Waals surface area contributed by atoms with E-state index in [0.29, 0.717) is 12.1 Å². The molecule has 0 unspecified atom stereocenters. The third kappa shape index (κ3) is 5.73. The normalized spacial score (nSPS) is 10.9. The van der Waals surface area contributed by atoms with Gasteiger partial charge >= 0.3 is 0 Å².